The molecule has 5 aromatic rings. The van der Waals surface area contributed by atoms with Crippen LogP contribution >= 0.6 is 0 Å². The van der Waals surface area contributed by atoms with Crippen molar-refractivity contribution in [3.8, 4) is 28.3 Å². The van der Waals surface area contributed by atoms with Gasteiger partial charge in [-0.05, 0) is 66.0 Å². The fourth-order valence-electron chi connectivity index (χ4n) is 5.76. The number of likely N-dealkylation sites (tertiary alicyclic amines) is 1. The number of amides is 1. The first-order chi connectivity index (χ1) is 18.2. The second-order valence-corrected chi connectivity index (χ2v) is 10.4. The standard InChI is InChI=1S/C31H30N4O2/c1-37-28-4-2-3-27-29(28)33-30(35(27)19-20-14-16-34(18-20)31(36)24-10-11-24)23-8-5-21(6-9-23)25-12-7-22-13-15-32-26(22)17-25/h2-9,12-13,15,17,20,24,32H,10-11,14,16,18-19H2,1H3. The number of fused-ring (bicyclic) bond motifs is 2. The Bertz CT molecular complexity index is 1610. The van der Waals surface area contributed by atoms with Gasteiger partial charge in [0.15, 0.2) is 0 Å². The number of carbonyl (C=O) groups excluding carboxylic acids is 1. The first kappa shape index (κ1) is 22.2. The molecule has 3 heterocycles. The smallest absolute Gasteiger partial charge is 0.225 e. The van der Waals surface area contributed by atoms with E-state index < -0.39 is 0 Å². The van der Waals surface area contributed by atoms with Gasteiger partial charge in [0.25, 0.3) is 0 Å². The van der Waals surface area contributed by atoms with Crippen molar-refractivity contribution >= 4 is 27.8 Å². The molecule has 2 aliphatic rings. The summed E-state index contributed by atoms with van der Waals surface area (Å²) in [6.07, 6.45) is 5.12. The minimum atomic E-state index is 0.281. The summed E-state index contributed by atoms with van der Waals surface area (Å²) < 4.78 is 7.98. The summed E-state index contributed by atoms with van der Waals surface area (Å²) in [5.41, 5.74) is 6.52. The van der Waals surface area contributed by atoms with Gasteiger partial charge in [0, 0.05) is 42.8 Å². The number of aromatic nitrogens is 3. The highest BCUT2D eigenvalue weighted by Gasteiger charge is 2.36. The number of ether oxygens (including phenoxy) is 1. The van der Waals surface area contributed by atoms with E-state index in [4.69, 9.17) is 9.72 Å². The summed E-state index contributed by atoms with van der Waals surface area (Å²) in [5, 5.41) is 1.22. The molecule has 1 saturated carbocycles. The number of benzene rings is 3. The average molecular weight is 491 g/mol. The molecule has 186 valence electrons. The number of nitrogens with one attached hydrogen (secondary N) is 1. The molecule has 37 heavy (non-hydrogen) atoms. The van der Waals surface area contributed by atoms with E-state index in [-0.39, 0.29) is 5.92 Å². The summed E-state index contributed by atoms with van der Waals surface area (Å²) in [4.78, 5) is 23.1. The fourth-order valence-corrected chi connectivity index (χ4v) is 5.76. The summed E-state index contributed by atoms with van der Waals surface area (Å²) in [5.74, 6) is 2.77. The van der Waals surface area contributed by atoms with Gasteiger partial charge in [-0.1, -0.05) is 42.5 Å². The van der Waals surface area contributed by atoms with Crippen LogP contribution in [0.25, 0.3) is 44.5 Å². The van der Waals surface area contributed by atoms with E-state index in [0.29, 0.717) is 11.8 Å². The maximum Gasteiger partial charge on any atom is 0.225 e. The Balaban J connectivity index is 1.23. The van der Waals surface area contributed by atoms with Crippen LogP contribution < -0.4 is 4.74 Å². The van der Waals surface area contributed by atoms with Crippen molar-refractivity contribution in [2.24, 2.45) is 11.8 Å². The van der Waals surface area contributed by atoms with E-state index >= 15 is 0 Å². The molecule has 1 unspecified atom stereocenters. The first-order valence-corrected chi connectivity index (χ1v) is 13.2. The van der Waals surface area contributed by atoms with Crippen LogP contribution in [0.4, 0.5) is 0 Å². The van der Waals surface area contributed by atoms with Crippen LogP contribution in [0.1, 0.15) is 19.3 Å². The van der Waals surface area contributed by atoms with Crippen molar-refractivity contribution in [3.63, 3.8) is 0 Å². The lowest BCUT2D eigenvalue weighted by atomic mass is 10.0. The van der Waals surface area contributed by atoms with Crippen molar-refractivity contribution in [1.29, 1.82) is 0 Å². The minimum absolute atomic E-state index is 0.281. The van der Waals surface area contributed by atoms with Crippen LogP contribution in [0, 0.1) is 11.8 Å². The molecule has 0 spiro atoms. The quantitative estimate of drug-likeness (QED) is 0.312. The predicted molar refractivity (Wildman–Crippen MR) is 146 cm³/mol. The van der Waals surface area contributed by atoms with Gasteiger partial charge in [0.05, 0.1) is 12.6 Å². The van der Waals surface area contributed by atoms with Crippen LogP contribution in [0.5, 0.6) is 5.75 Å². The molecule has 1 aliphatic carbocycles. The van der Waals surface area contributed by atoms with E-state index in [9.17, 15) is 4.79 Å². The number of aromatic amines is 1. The van der Waals surface area contributed by atoms with E-state index in [1.807, 2.05) is 18.3 Å². The van der Waals surface area contributed by atoms with Crippen molar-refractivity contribution in [3.05, 3.63) is 72.9 Å². The third kappa shape index (κ3) is 3.97. The highest BCUT2D eigenvalue weighted by atomic mass is 16.5. The fraction of sp³-hybridized carbons (Fsp3) is 0.290. The van der Waals surface area contributed by atoms with Crippen LogP contribution in [0.3, 0.4) is 0 Å². The molecule has 0 radical (unpaired) electrons. The van der Waals surface area contributed by atoms with E-state index in [2.05, 4.69) is 69.0 Å². The maximum absolute atomic E-state index is 12.6. The van der Waals surface area contributed by atoms with Gasteiger partial charge < -0.3 is 19.2 Å². The molecule has 3 aromatic carbocycles. The van der Waals surface area contributed by atoms with Crippen LogP contribution in [0.2, 0.25) is 0 Å². The molecule has 6 heteroatoms. The number of rotatable bonds is 6. The number of imidazole rings is 1. The van der Waals surface area contributed by atoms with Gasteiger partial charge in [-0.2, -0.15) is 0 Å². The molecule has 6 nitrogen and oxygen atoms in total. The zero-order valence-electron chi connectivity index (χ0n) is 21.0. The Morgan fingerprint density at radius 2 is 1.81 bits per heavy atom. The lowest BCUT2D eigenvalue weighted by Gasteiger charge is -2.18. The summed E-state index contributed by atoms with van der Waals surface area (Å²) in [7, 11) is 1.70. The maximum atomic E-state index is 12.6. The number of nitrogens with zero attached hydrogens (tertiary/aromatic N) is 3. The van der Waals surface area contributed by atoms with Crippen molar-refractivity contribution in [1.82, 2.24) is 19.4 Å². The Labute approximate surface area is 215 Å². The van der Waals surface area contributed by atoms with Gasteiger partial charge in [0.1, 0.15) is 17.1 Å². The summed E-state index contributed by atoms with van der Waals surface area (Å²) >= 11 is 0. The van der Waals surface area contributed by atoms with Crippen LogP contribution in [0.15, 0.2) is 72.9 Å². The molecule has 0 bridgehead atoms. The molecule has 7 rings (SSSR count). The summed E-state index contributed by atoms with van der Waals surface area (Å²) in [6.45, 7) is 2.53. The topological polar surface area (TPSA) is 63.1 Å². The molecule has 2 fully saturated rings. The zero-order valence-corrected chi connectivity index (χ0v) is 21.0. The molecule has 2 aromatic heterocycles. The number of carbonyl (C=O) groups is 1. The number of para-hydroxylation sites is 1. The van der Waals surface area contributed by atoms with Crippen molar-refractivity contribution in [2.75, 3.05) is 20.2 Å². The SMILES string of the molecule is COc1cccc2c1nc(-c1ccc(-c3ccc4cc[nH]c4c3)cc1)n2CC1CCN(C(=O)C2CC2)C1. The van der Waals surface area contributed by atoms with E-state index in [0.717, 1.165) is 72.6 Å². The van der Waals surface area contributed by atoms with Gasteiger partial charge in [0.2, 0.25) is 5.91 Å². The lowest BCUT2D eigenvalue weighted by Crippen LogP contribution is -2.30. The monoisotopic (exact) mass is 490 g/mol. The molecular formula is C31H30N4O2. The van der Waals surface area contributed by atoms with Gasteiger partial charge in [-0.3, -0.25) is 4.79 Å². The second-order valence-electron chi connectivity index (χ2n) is 10.4. The normalized spacial score (nSPS) is 17.6. The molecule has 1 N–H and O–H groups in total. The minimum Gasteiger partial charge on any atom is -0.494 e. The third-order valence-electron chi connectivity index (χ3n) is 7.96. The number of methoxy groups -OCH3 is 1. The van der Waals surface area contributed by atoms with Gasteiger partial charge in [-0.25, -0.2) is 4.98 Å². The van der Waals surface area contributed by atoms with Gasteiger partial charge in [-0.15, -0.1) is 0 Å². The third-order valence-corrected chi connectivity index (χ3v) is 7.96. The Hall–Kier alpha value is -4.06. The molecule has 1 atom stereocenters. The average Bonchev–Trinajstić information content (AvgIpc) is 3.32. The Kier molecular flexibility index (Phi) is 5.27. The predicted octanol–water partition coefficient (Wildman–Crippen LogP) is 6.12. The Morgan fingerprint density at radius 3 is 2.62 bits per heavy atom. The van der Waals surface area contributed by atoms with E-state index in [1.54, 1.807) is 7.11 Å². The van der Waals surface area contributed by atoms with Crippen LogP contribution in [-0.4, -0.2) is 45.5 Å². The number of hydrogen-bond donors (Lipinski definition) is 1. The van der Waals surface area contributed by atoms with E-state index in [1.165, 1.54) is 16.5 Å². The first-order valence-electron chi connectivity index (χ1n) is 13.2. The van der Waals surface area contributed by atoms with Gasteiger partial charge >= 0.3 is 0 Å². The number of H-pyrrole nitrogens is 1. The zero-order chi connectivity index (χ0) is 24.9. The molecular weight excluding hydrogens is 460 g/mol. The largest absolute Gasteiger partial charge is 0.494 e. The molecule has 1 amide bonds. The number of hydrogen-bond acceptors (Lipinski definition) is 3. The molecule has 1 aliphatic heterocycles. The highest BCUT2D eigenvalue weighted by Crippen LogP contribution is 2.36. The highest BCUT2D eigenvalue weighted by molar-refractivity contribution is 5.87. The summed E-state index contributed by atoms with van der Waals surface area (Å²) in [6, 6.07) is 23.4. The lowest BCUT2D eigenvalue weighted by molar-refractivity contribution is -0.131. The van der Waals surface area contributed by atoms with Crippen molar-refractivity contribution in [2.45, 2.75) is 25.8 Å². The van der Waals surface area contributed by atoms with Crippen molar-refractivity contribution < 1.29 is 9.53 Å². The van der Waals surface area contributed by atoms with Crippen LogP contribution in [-0.2, 0) is 11.3 Å². The second kappa shape index (κ2) is 8.80. The Morgan fingerprint density at radius 1 is 1.00 bits per heavy atom. The molecule has 1 saturated heterocycles.